The van der Waals surface area contributed by atoms with Gasteiger partial charge in [-0.1, -0.05) is 0 Å². The second kappa shape index (κ2) is 4.74. The molecule has 2 N–H and O–H groups in total. The summed E-state index contributed by atoms with van der Waals surface area (Å²) in [6.45, 7) is 0. The van der Waals surface area contributed by atoms with Crippen LogP contribution in [-0.2, 0) is 0 Å². The van der Waals surface area contributed by atoms with E-state index in [-0.39, 0.29) is 11.2 Å². The molecule has 0 aliphatic carbocycles. The highest BCUT2D eigenvalue weighted by Crippen LogP contribution is 2.25. The minimum atomic E-state index is -0.171. The van der Waals surface area contributed by atoms with Crippen molar-refractivity contribution in [1.82, 2.24) is 0 Å². The molecule has 0 spiro atoms. The predicted octanol–water partition coefficient (Wildman–Crippen LogP) is 3.21. The third-order valence-corrected chi connectivity index (χ3v) is 3.17. The van der Waals surface area contributed by atoms with Crippen LogP contribution in [0.5, 0.6) is 5.75 Å². The largest absolute Gasteiger partial charge is 0.508 e. The van der Waals surface area contributed by atoms with Crippen molar-refractivity contribution in [2.75, 3.05) is 12.4 Å². The maximum absolute atomic E-state index is 12.1. The van der Waals surface area contributed by atoms with Gasteiger partial charge in [-0.3, -0.25) is 4.79 Å². The van der Waals surface area contributed by atoms with Gasteiger partial charge in [-0.15, -0.1) is 0 Å². The van der Waals surface area contributed by atoms with E-state index >= 15 is 0 Å². The highest BCUT2D eigenvalue weighted by molar-refractivity contribution is 5.80. The summed E-state index contributed by atoms with van der Waals surface area (Å²) in [6.07, 6.45) is 0. The fourth-order valence-corrected chi connectivity index (χ4v) is 2.09. The van der Waals surface area contributed by atoms with Gasteiger partial charge < -0.3 is 14.8 Å². The van der Waals surface area contributed by atoms with Gasteiger partial charge in [-0.2, -0.15) is 0 Å². The monoisotopic (exact) mass is 267 g/mol. The van der Waals surface area contributed by atoms with Crippen LogP contribution < -0.4 is 10.7 Å². The third-order valence-electron chi connectivity index (χ3n) is 3.17. The predicted molar refractivity (Wildman–Crippen MR) is 79.1 cm³/mol. The average molecular weight is 267 g/mol. The van der Waals surface area contributed by atoms with Crippen LogP contribution >= 0.6 is 0 Å². The summed E-state index contributed by atoms with van der Waals surface area (Å²) in [5.74, 6) is 0.562. The van der Waals surface area contributed by atoms with E-state index < -0.39 is 0 Å². The summed E-state index contributed by atoms with van der Waals surface area (Å²) in [7, 11) is 1.84. The van der Waals surface area contributed by atoms with E-state index in [1.165, 1.54) is 18.2 Å². The molecule has 0 aliphatic rings. The van der Waals surface area contributed by atoms with Crippen molar-refractivity contribution in [2.45, 2.75) is 0 Å². The lowest BCUT2D eigenvalue weighted by atomic mass is 10.1. The molecule has 0 saturated carbocycles. The maximum atomic E-state index is 12.1. The quantitative estimate of drug-likeness (QED) is 0.748. The van der Waals surface area contributed by atoms with Crippen molar-refractivity contribution in [2.24, 2.45) is 0 Å². The van der Waals surface area contributed by atoms with E-state index in [1.807, 2.05) is 31.3 Å². The molecule has 0 aliphatic heterocycles. The Balaban J connectivity index is 2.16. The van der Waals surface area contributed by atoms with Crippen LogP contribution in [0.4, 0.5) is 5.69 Å². The Morgan fingerprint density at radius 2 is 1.80 bits per heavy atom. The van der Waals surface area contributed by atoms with Crippen LogP contribution in [0.15, 0.2) is 57.7 Å². The summed E-state index contributed by atoms with van der Waals surface area (Å²) < 4.78 is 5.73. The topological polar surface area (TPSA) is 62.5 Å². The van der Waals surface area contributed by atoms with E-state index in [9.17, 15) is 9.90 Å². The van der Waals surface area contributed by atoms with Gasteiger partial charge in [0.25, 0.3) is 0 Å². The fraction of sp³-hybridized carbons (Fsp3) is 0.0625. The average Bonchev–Trinajstić information content (AvgIpc) is 2.48. The van der Waals surface area contributed by atoms with Gasteiger partial charge >= 0.3 is 0 Å². The summed E-state index contributed by atoms with van der Waals surface area (Å²) in [5.41, 5.74) is 2.11. The van der Waals surface area contributed by atoms with Gasteiger partial charge in [0.15, 0.2) is 5.43 Å². The van der Waals surface area contributed by atoms with E-state index in [2.05, 4.69) is 5.32 Å². The first-order chi connectivity index (χ1) is 9.67. The number of hydrogen-bond donors (Lipinski definition) is 2. The van der Waals surface area contributed by atoms with E-state index in [0.717, 1.165) is 11.3 Å². The fourth-order valence-electron chi connectivity index (χ4n) is 2.09. The van der Waals surface area contributed by atoms with Gasteiger partial charge in [0.2, 0.25) is 0 Å². The molecule has 1 aromatic heterocycles. The Kier molecular flexibility index (Phi) is 2.91. The zero-order chi connectivity index (χ0) is 14.1. The minimum Gasteiger partial charge on any atom is -0.508 e. The number of hydrogen-bond acceptors (Lipinski definition) is 4. The molecule has 3 aromatic rings. The third kappa shape index (κ3) is 2.12. The second-order valence-electron chi connectivity index (χ2n) is 4.48. The van der Waals surface area contributed by atoms with E-state index in [1.54, 1.807) is 6.07 Å². The molecule has 0 fully saturated rings. The first-order valence-corrected chi connectivity index (χ1v) is 6.22. The first-order valence-electron chi connectivity index (χ1n) is 6.22. The van der Waals surface area contributed by atoms with Crippen molar-refractivity contribution >= 4 is 16.7 Å². The summed E-state index contributed by atoms with van der Waals surface area (Å²) in [6, 6.07) is 13.5. The molecule has 0 saturated heterocycles. The summed E-state index contributed by atoms with van der Waals surface area (Å²) in [5, 5.41) is 12.8. The van der Waals surface area contributed by atoms with Crippen LogP contribution in [0.2, 0.25) is 0 Å². The van der Waals surface area contributed by atoms with Crippen molar-refractivity contribution in [1.29, 1.82) is 0 Å². The van der Waals surface area contributed by atoms with Crippen LogP contribution in [0.25, 0.3) is 22.3 Å². The van der Waals surface area contributed by atoms with Crippen molar-refractivity contribution in [3.05, 3.63) is 58.8 Å². The zero-order valence-corrected chi connectivity index (χ0v) is 10.9. The molecule has 1 heterocycles. The molecule has 0 atom stereocenters. The summed E-state index contributed by atoms with van der Waals surface area (Å²) in [4.78, 5) is 12.1. The molecule has 20 heavy (non-hydrogen) atoms. The van der Waals surface area contributed by atoms with Crippen molar-refractivity contribution < 1.29 is 9.52 Å². The molecule has 0 amide bonds. The number of phenolic OH excluding ortho intramolecular Hbond substituents is 1. The van der Waals surface area contributed by atoms with E-state index in [0.29, 0.717) is 16.7 Å². The van der Waals surface area contributed by atoms with Crippen LogP contribution in [0, 0.1) is 0 Å². The smallest absolute Gasteiger partial charge is 0.193 e. The van der Waals surface area contributed by atoms with Gasteiger partial charge in [0.1, 0.15) is 17.1 Å². The Morgan fingerprint density at radius 3 is 2.50 bits per heavy atom. The van der Waals surface area contributed by atoms with Gasteiger partial charge in [-0.25, -0.2) is 0 Å². The molecule has 100 valence electrons. The number of aromatic hydroxyl groups is 1. The number of benzene rings is 2. The minimum absolute atomic E-state index is 0.0518. The maximum Gasteiger partial charge on any atom is 0.193 e. The lowest BCUT2D eigenvalue weighted by molar-refractivity contribution is 0.475. The molecular formula is C16H13NO3. The van der Waals surface area contributed by atoms with Crippen molar-refractivity contribution in [3.8, 4) is 17.1 Å². The molecule has 0 unspecified atom stereocenters. The first kappa shape index (κ1) is 12.3. The Labute approximate surface area is 115 Å². The Hall–Kier alpha value is -2.75. The SMILES string of the molecule is CNc1ccc(-c2cc(=O)c3cc(O)ccc3o2)cc1. The molecule has 0 radical (unpaired) electrons. The van der Waals surface area contributed by atoms with Crippen LogP contribution in [0.1, 0.15) is 0 Å². The number of nitrogens with one attached hydrogen (secondary N) is 1. The van der Waals surface area contributed by atoms with Crippen LogP contribution in [-0.4, -0.2) is 12.2 Å². The van der Waals surface area contributed by atoms with Crippen LogP contribution in [0.3, 0.4) is 0 Å². The lowest BCUT2D eigenvalue weighted by Crippen LogP contribution is -2.00. The van der Waals surface area contributed by atoms with Crippen molar-refractivity contribution in [3.63, 3.8) is 0 Å². The number of phenols is 1. The highest BCUT2D eigenvalue weighted by Gasteiger charge is 2.07. The second-order valence-corrected chi connectivity index (χ2v) is 4.48. The molecule has 4 heteroatoms. The molecule has 2 aromatic carbocycles. The molecule has 3 rings (SSSR count). The lowest BCUT2D eigenvalue weighted by Gasteiger charge is -2.05. The van der Waals surface area contributed by atoms with Gasteiger partial charge in [0.05, 0.1) is 5.39 Å². The van der Waals surface area contributed by atoms with Gasteiger partial charge in [-0.05, 0) is 42.5 Å². The Bertz CT molecular complexity index is 819. The molecule has 4 nitrogen and oxygen atoms in total. The zero-order valence-electron chi connectivity index (χ0n) is 10.9. The van der Waals surface area contributed by atoms with E-state index in [4.69, 9.17) is 4.42 Å². The summed E-state index contributed by atoms with van der Waals surface area (Å²) >= 11 is 0. The molecular weight excluding hydrogens is 254 g/mol. The number of anilines is 1. The normalized spacial score (nSPS) is 10.7. The highest BCUT2D eigenvalue weighted by atomic mass is 16.3. The number of fused-ring (bicyclic) bond motifs is 1. The number of rotatable bonds is 2. The van der Waals surface area contributed by atoms with Gasteiger partial charge in [0, 0.05) is 24.4 Å². The Morgan fingerprint density at radius 1 is 1.05 bits per heavy atom. The standard InChI is InChI=1S/C16H13NO3/c1-17-11-4-2-10(3-5-11)16-9-14(19)13-8-12(18)6-7-15(13)20-16/h2-9,17-18H,1H3. The molecule has 0 bridgehead atoms.